The summed E-state index contributed by atoms with van der Waals surface area (Å²) in [6.07, 6.45) is 3.58. The van der Waals surface area contributed by atoms with E-state index in [1.54, 1.807) is 18.2 Å². The number of halogens is 8. The quantitative estimate of drug-likeness (QED) is 0.145. The second-order valence-electron chi connectivity index (χ2n) is 8.76. The summed E-state index contributed by atoms with van der Waals surface area (Å²) in [5, 5.41) is 0.194. The minimum Gasteiger partial charge on any atom is -0.326 e. The third-order valence-corrected chi connectivity index (χ3v) is 8.68. The van der Waals surface area contributed by atoms with E-state index in [9.17, 15) is 51.6 Å². The number of sulfonamides is 1. The van der Waals surface area contributed by atoms with Gasteiger partial charge in [0.1, 0.15) is 0 Å². The van der Waals surface area contributed by atoms with Crippen molar-refractivity contribution in [3.63, 3.8) is 0 Å². The third kappa shape index (κ3) is 24.5. The van der Waals surface area contributed by atoms with Gasteiger partial charge < -0.3 is 10.6 Å². The molecule has 0 unspecified atom stereocenters. The van der Waals surface area contributed by atoms with Gasteiger partial charge in [-0.2, -0.15) is 43.2 Å². The zero-order valence-corrected chi connectivity index (χ0v) is 31.0. The summed E-state index contributed by atoms with van der Waals surface area (Å²) < 4.78 is 136. The topological polar surface area (TPSA) is 153 Å². The average molecular weight is 813 g/mol. The first-order chi connectivity index (χ1) is 22.3. The van der Waals surface area contributed by atoms with E-state index in [4.69, 9.17) is 28.9 Å². The molecule has 0 aliphatic carbocycles. The SMILES string of the molecule is C=Cc1ccc(CN)cc1.C=Cc1ccc(CNS(=O)(=O)C(F)(F)F)cc1.CCN(CC)CC.CS(=O)(=O)OS(=O)(=O)C(F)(F)F.ClCCl. The van der Waals surface area contributed by atoms with E-state index >= 15 is 0 Å². The Morgan fingerprint density at radius 2 is 1.10 bits per heavy atom. The number of nitrogens with zero attached hydrogens (tertiary/aromatic N) is 1. The van der Waals surface area contributed by atoms with Crippen molar-refractivity contribution in [1.29, 1.82) is 0 Å². The molecule has 0 amide bonds. The Morgan fingerprint density at radius 3 is 1.31 bits per heavy atom. The van der Waals surface area contributed by atoms with Crippen LogP contribution in [0.1, 0.15) is 43.0 Å². The first kappa shape index (κ1) is 51.1. The van der Waals surface area contributed by atoms with E-state index in [2.05, 4.69) is 42.5 Å². The average Bonchev–Trinajstić information content (AvgIpc) is 3.00. The van der Waals surface area contributed by atoms with Crippen LogP contribution in [-0.4, -0.2) is 72.4 Å². The summed E-state index contributed by atoms with van der Waals surface area (Å²) in [6.45, 7) is 17.5. The Morgan fingerprint density at radius 1 is 0.755 bits per heavy atom. The molecule has 0 aliphatic rings. The molecule has 3 N–H and O–H groups in total. The Labute approximate surface area is 295 Å². The van der Waals surface area contributed by atoms with E-state index in [-0.39, 0.29) is 11.6 Å². The van der Waals surface area contributed by atoms with Crippen LogP contribution in [0.25, 0.3) is 12.2 Å². The van der Waals surface area contributed by atoms with Crippen LogP contribution in [-0.2, 0) is 47.0 Å². The van der Waals surface area contributed by atoms with Gasteiger partial charge in [0.2, 0.25) is 0 Å². The molecule has 0 spiro atoms. The lowest BCUT2D eigenvalue weighted by molar-refractivity contribution is -0.0498. The number of hydrogen-bond acceptors (Lipinski definition) is 9. The van der Waals surface area contributed by atoms with E-state index < -0.39 is 47.8 Å². The van der Waals surface area contributed by atoms with Crippen molar-refractivity contribution >= 4 is 65.6 Å². The molecule has 2 rings (SSSR count). The van der Waals surface area contributed by atoms with E-state index in [1.807, 2.05) is 30.3 Å². The van der Waals surface area contributed by atoms with Gasteiger partial charge in [-0.15, -0.1) is 26.8 Å². The van der Waals surface area contributed by atoms with Gasteiger partial charge in [0.15, 0.2) is 0 Å². The van der Waals surface area contributed by atoms with Crippen LogP contribution in [0.3, 0.4) is 0 Å². The molecule has 0 aliphatic heterocycles. The molecule has 0 bridgehead atoms. The second-order valence-corrected chi connectivity index (χ2v) is 14.6. The number of hydrogen-bond donors (Lipinski definition) is 2. The van der Waals surface area contributed by atoms with Crippen LogP contribution in [0.15, 0.2) is 61.7 Å². The molecule has 10 nitrogen and oxygen atoms in total. The molecule has 21 heteroatoms. The predicted octanol–water partition coefficient (Wildman–Crippen LogP) is 6.64. The Kier molecular flexibility index (Phi) is 25.9. The lowest BCUT2D eigenvalue weighted by atomic mass is 10.1. The Hall–Kier alpha value is -2.23. The normalized spacial score (nSPS) is 11.6. The summed E-state index contributed by atoms with van der Waals surface area (Å²) in [5.74, 6) is 0. The van der Waals surface area contributed by atoms with Gasteiger partial charge in [-0.05, 0) is 41.9 Å². The van der Waals surface area contributed by atoms with Gasteiger partial charge in [-0.3, -0.25) is 0 Å². The highest BCUT2D eigenvalue weighted by Crippen LogP contribution is 2.25. The number of alkyl halides is 8. The fraction of sp³-hybridized carbons (Fsp3) is 0.429. The minimum atomic E-state index is -6.04. The maximum Gasteiger partial charge on any atom is 0.524 e. The Balaban J connectivity index is -0.000000585. The molecule has 2 aromatic carbocycles. The van der Waals surface area contributed by atoms with Gasteiger partial charge in [0, 0.05) is 13.1 Å². The molecule has 0 saturated carbocycles. The molecule has 284 valence electrons. The van der Waals surface area contributed by atoms with Crippen LogP contribution >= 0.6 is 23.2 Å². The molecule has 0 fully saturated rings. The van der Waals surface area contributed by atoms with Crippen molar-refractivity contribution in [2.45, 2.75) is 44.9 Å². The first-order valence-corrected chi connectivity index (χ1v) is 19.4. The molecule has 0 saturated heterocycles. The maximum absolute atomic E-state index is 12.0. The molecule has 0 heterocycles. The number of nitrogens with two attached hydrogens (primary N) is 1. The molecule has 2 aromatic rings. The fourth-order valence-electron chi connectivity index (χ4n) is 2.69. The standard InChI is InChI=1S/C10H10F3NO2S.C9H11N.C6H15N.C2H3F3O5S2.CH2Cl2/c1-2-8-3-5-9(6-4-8)7-14-17(15,16)10(11,12)13;1-2-8-3-5-9(7-10)6-4-8;1-4-7(5-2)6-3;1-11(6,7)10-12(8,9)2(3,4)5;2-1-3/h2-6,14H,1,7H2;2-6H,1,7,10H2;4-6H2,1-3H3;1H3;1H2. The molecular formula is C28H41Cl2F6N3O7S3. The highest BCUT2D eigenvalue weighted by atomic mass is 35.5. The van der Waals surface area contributed by atoms with Crippen LogP contribution in [0.4, 0.5) is 26.3 Å². The van der Waals surface area contributed by atoms with Crippen LogP contribution in [0, 0.1) is 0 Å². The van der Waals surface area contributed by atoms with Crippen LogP contribution < -0.4 is 10.5 Å². The van der Waals surface area contributed by atoms with Crippen molar-refractivity contribution in [1.82, 2.24) is 9.62 Å². The maximum atomic E-state index is 12.0. The highest BCUT2D eigenvalue weighted by molar-refractivity contribution is 7.99. The van der Waals surface area contributed by atoms with Crippen LogP contribution in [0.5, 0.6) is 0 Å². The van der Waals surface area contributed by atoms with E-state index in [0.717, 1.165) is 16.7 Å². The summed E-state index contributed by atoms with van der Waals surface area (Å²) >= 11 is 9.53. The summed E-state index contributed by atoms with van der Waals surface area (Å²) in [5.41, 5.74) is -2.07. The van der Waals surface area contributed by atoms with E-state index in [1.165, 1.54) is 36.5 Å². The number of nitrogens with one attached hydrogen (secondary N) is 1. The third-order valence-electron chi connectivity index (χ3n) is 5.28. The highest BCUT2D eigenvalue weighted by Gasteiger charge is 2.49. The first-order valence-electron chi connectivity index (χ1n) is 13.6. The molecular weight excluding hydrogens is 771 g/mol. The monoisotopic (exact) mass is 811 g/mol. The molecule has 0 atom stereocenters. The van der Waals surface area contributed by atoms with Crippen molar-refractivity contribution < 1.29 is 55.2 Å². The van der Waals surface area contributed by atoms with Crippen molar-refractivity contribution in [2.24, 2.45) is 5.73 Å². The van der Waals surface area contributed by atoms with Gasteiger partial charge in [0.05, 0.1) is 11.6 Å². The number of benzene rings is 2. The number of rotatable bonds is 11. The van der Waals surface area contributed by atoms with Gasteiger partial charge in [0.25, 0.3) is 10.1 Å². The summed E-state index contributed by atoms with van der Waals surface area (Å²) in [7, 11) is -16.0. The van der Waals surface area contributed by atoms with Crippen molar-refractivity contribution in [3.05, 3.63) is 83.9 Å². The predicted molar refractivity (Wildman–Crippen MR) is 184 cm³/mol. The molecule has 49 heavy (non-hydrogen) atoms. The van der Waals surface area contributed by atoms with Crippen molar-refractivity contribution in [2.75, 3.05) is 31.2 Å². The van der Waals surface area contributed by atoms with E-state index in [0.29, 0.717) is 12.1 Å². The lowest BCUT2D eigenvalue weighted by Gasteiger charge is -2.13. The second kappa shape index (κ2) is 24.8. The summed E-state index contributed by atoms with van der Waals surface area (Å²) in [4.78, 5) is 2.38. The largest absolute Gasteiger partial charge is 0.524 e. The molecule has 0 aromatic heterocycles. The zero-order chi connectivity index (χ0) is 39.1. The smallest absolute Gasteiger partial charge is 0.326 e. The van der Waals surface area contributed by atoms with Gasteiger partial charge >= 0.3 is 31.2 Å². The summed E-state index contributed by atoms with van der Waals surface area (Å²) in [6, 6.07) is 14.3. The van der Waals surface area contributed by atoms with Crippen LogP contribution in [0.2, 0.25) is 0 Å². The lowest BCUT2D eigenvalue weighted by Crippen LogP contribution is -2.35. The van der Waals surface area contributed by atoms with Gasteiger partial charge in [-0.25, -0.2) is 13.1 Å². The van der Waals surface area contributed by atoms with Crippen molar-refractivity contribution in [3.8, 4) is 0 Å². The van der Waals surface area contributed by atoms with Gasteiger partial charge in [-0.1, -0.05) is 94.6 Å². The zero-order valence-electron chi connectivity index (χ0n) is 27.1. The Bertz CT molecular complexity index is 1530. The fourth-order valence-corrected chi connectivity index (χ4v) is 4.82. The molecule has 0 radical (unpaired) electrons. The minimum absolute atomic E-state index is 0.191.